The molecule has 1 saturated heterocycles. The summed E-state index contributed by atoms with van der Waals surface area (Å²) in [5.41, 5.74) is 10.8. The fraction of sp³-hybridized carbons (Fsp3) is 0.344. The SMILES string of the molecule is NC(=O)c1ccc(OC(=O)N2CCc3ccc(C(=O)N4Cc5ccccc5C[C@H]4CN4CCOCC4)cc3C2)cc1. The van der Waals surface area contributed by atoms with Gasteiger partial charge < -0.3 is 25.0 Å². The maximum atomic E-state index is 14.0. The second-order valence-electron chi connectivity index (χ2n) is 10.9. The van der Waals surface area contributed by atoms with Crippen LogP contribution in [0, 0.1) is 0 Å². The molecule has 212 valence electrons. The van der Waals surface area contributed by atoms with Crippen molar-refractivity contribution in [2.75, 3.05) is 39.4 Å². The molecule has 0 unspecified atom stereocenters. The van der Waals surface area contributed by atoms with E-state index in [0.717, 1.165) is 50.4 Å². The van der Waals surface area contributed by atoms with Gasteiger partial charge in [-0.1, -0.05) is 30.3 Å². The number of hydrogen-bond acceptors (Lipinski definition) is 6. The van der Waals surface area contributed by atoms with E-state index in [9.17, 15) is 14.4 Å². The van der Waals surface area contributed by atoms with Gasteiger partial charge in [0.05, 0.1) is 13.2 Å². The molecular weight excluding hydrogens is 520 g/mol. The van der Waals surface area contributed by atoms with Crippen LogP contribution in [0.25, 0.3) is 0 Å². The molecule has 3 amide bonds. The van der Waals surface area contributed by atoms with Crippen molar-refractivity contribution in [1.82, 2.24) is 14.7 Å². The smallest absolute Gasteiger partial charge is 0.410 e. The topological polar surface area (TPSA) is 105 Å². The molecule has 1 atom stereocenters. The molecule has 9 nitrogen and oxygen atoms in total. The van der Waals surface area contributed by atoms with Gasteiger partial charge in [0.15, 0.2) is 0 Å². The Hall–Kier alpha value is -4.21. The fourth-order valence-electron chi connectivity index (χ4n) is 5.93. The zero-order valence-electron chi connectivity index (χ0n) is 23.0. The van der Waals surface area contributed by atoms with Crippen LogP contribution in [-0.2, 0) is 30.7 Å². The number of primary amides is 1. The Morgan fingerprint density at radius 2 is 1.56 bits per heavy atom. The number of benzene rings is 3. The van der Waals surface area contributed by atoms with Crippen LogP contribution in [0.5, 0.6) is 5.75 Å². The van der Waals surface area contributed by atoms with Crippen LogP contribution in [0.4, 0.5) is 4.79 Å². The van der Waals surface area contributed by atoms with Crippen molar-refractivity contribution in [3.8, 4) is 5.75 Å². The average molecular weight is 555 g/mol. The van der Waals surface area contributed by atoms with Gasteiger partial charge in [-0.3, -0.25) is 14.5 Å². The average Bonchev–Trinajstić information content (AvgIpc) is 3.00. The third-order valence-corrected chi connectivity index (χ3v) is 8.26. The highest BCUT2D eigenvalue weighted by Crippen LogP contribution is 2.28. The maximum Gasteiger partial charge on any atom is 0.415 e. The summed E-state index contributed by atoms with van der Waals surface area (Å²) in [6.07, 6.45) is 1.03. The molecule has 2 N–H and O–H groups in total. The Morgan fingerprint density at radius 1 is 0.829 bits per heavy atom. The second kappa shape index (κ2) is 11.7. The van der Waals surface area contributed by atoms with E-state index in [-0.39, 0.29) is 11.9 Å². The number of carbonyl (C=O) groups is 3. The van der Waals surface area contributed by atoms with Gasteiger partial charge in [-0.2, -0.15) is 0 Å². The number of ether oxygens (including phenoxy) is 2. The monoisotopic (exact) mass is 554 g/mol. The Bertz CT molecular complexity index is 1450. The van der Waals surface area contributed by atoms with Gasteiger partial charge in [-0.05, 0) is 71.5 Å². The number of rotatable bonds is 5. The van der Waals surface area contributed by atoms with E-state index in [0.29, 0.717) is 42.9 Å². The van der Waals surface area contributed by atoms with E-state index < -0.39 is 12.0 Å². The molecule has 3 aromatic rings. The fourth-order valence-corrected chi connectivity index (χ4v) is 5.93. The first-order valence-electron chi connectivity index (χ1n) is 14.1. The molecule has 3 aliphatic rings. The second-order valence-corrected chi connectivity index (χ2v) is 10.9. The van der Waals surface area contributed by atoms with Crippen molar-refractivity contribution >= 4 is 17.9 Å². The molecule has 41 heavy (non-hydrogen) atoms. The third-order valence-electron chi connectivity index (χ3n) is 8.26. The molecule has 3 heterocycles. The van der Waals surface area contributed by atoms with Crippen LogP contribution in [0.15, 0.2) is 66.7 Å². The minimum atomic E-state index is -0.540. The molecule has 0 radical (unpaired) electrons. The van der Waals surface area contributed by atoms with Crippen molar-refractivity contribution < 1.29 is 23.9 Å². The summed E-state index contributed by atoms with van der Waals surface area (Å²) in [5, 5.41) is 0. The number of hydrogen-bond donors (Lipinski definition) is 1. The van der Waals surface area contributed by atoms with E-state index in [2.05, 4.69) is 23.1 Å². The first-order chi connectivity index (χ1) is 19.9. The van der Waals surface area contributed by atoms with E-state index >= 15 is 0 Å². The van der Waals surface area contributed by atoms with Crippen LogP contribution in [0.1, 0.15) is 43.0 Å². The lowest BCUT2D eigenvalue weighted by Crippen LogP contribution is -2.52. The predicted molar refractivity (Wildman–Crippen MR) is 153 cm³/mol. The Kier molecular flexibility index (Phi) is 7.71. The van der Waals surface area contributed by atoms with E-state index in [1.54, 1.807) is 17.0 Å². The standard InChI is InChI=1S/C32H34N4O5/c33-30(37)23-7-9-29(10-8-23)41-32(39)35-12-11-22-5-6-25(17-27(22)19-35)31(38)36-20-26-4-2-1-3-24(26)18-28(36)21-34-13-15-40-16-14-34/h1-10,17,28H,11-16,18-21H2,(H2,33,37)/t28-/m0/s1. The van der Waals surface area contributed by atoms with Gasteiger partial charge in [-0.25, -0.2) is 4.79 Å². The van der Waals surface area contributed by atoms with Crippen LogP contribution >= 0.6 is 0 Å². The van der Waals surface area contributed by atoms with Crippen molar-refractivity contribution in [3.63, 3.8) is 0 Å². The summed E-state index contributed by atoms with van der Waals surface area (Å²) in [7, 11) is 0. The lowest BCUT2D eigenvalue weighted by atomic mass is 9.92. The van der Waals surface area contributed by atoms with Crippen molar-refractivity contribution in [1.29, 1.82) is 0 Å². The van der Waals surface area contributed by atoms with E-state index in [1.807, 2.05) is 29.2 Å². The lowest BCUT2D eigenvalue weighted by molar-refractivity contribution is 0.0192. The first-order valence-corrected chi connectivity index (χ1v) is 14.1. The molecule has 3 aliphatic heterocycles. The molecular formula is C32H34N4O5. The summed E-state index contributed by atoms with van der Waals surface area (Å²) in [6, 6.07) is 20.5. The van der Waals surface area contributed by atoms with Gasteiger partial charge in [0.25, 0.3) is 5.91 Å². The van der Waals surface area contributed by atoms with Gasteiger partial charge in [-0.15, -0.1) is 0 Å². The number of fused-ring (bicyclic) bond motifs is 2. The minimum Gasteiger partial charge on any atom is -0.410 e. The third kappa shape index (κ3) is 5.96. The minimum absolute atomic E-state index is 0.00908. The Balaban J connectivity index is 1.18. The van der Waals surface area contributed by atoms with Crippen molar-refractivity contribution in [2.24, 2.45) is 5.73 Å². The number of morpholine rings is 1. The zero-order chi connectivity index (χ0) is 28.3. The summed E-state index contributed by atoms with van der Waals surface area (Å²) < 4.78 is 11.1. The molecule has 0 bridgehead atoms. The van der Waals surface area contributed by atoms with Gasteiger partial charge >= 0.3 is 6.09 Å². The van der Waals surface area contributed by atoms with Crippen LogP contribution < -0.4 is 10.5 Å². The highest BCUT2D eigenvalue weighted by atomic mass is 16.6. The van der Waals surface area contributed by atoms with Gasteiger partial charge in [0.2, 0.25) is 5.91 Å². The largest absolute Gasteiger partial charge is 0.415 e. The van der Waals surface area contributed by atoms with Crippen LogP contribution in [-0.4, -0.2) is 78.0 Å². The number of nitrogens with two attached hydrogens (primary N) is 1. The lowest BCUT2D eigenvalue weighted by Gasteiger charge is -2.40. The number of carbonyl (C=O) groups excluding carboxylic acids is 3. The molecule has 0 aromatic heterocycles. The first kappa shape index (κ1) is 27.0. The van der Waals surface area contributed by atoms with Crippen molar-refractivity contribution in [3.05, 3.63) is 100 Å². The molecule has 0 spiro atoms. The zero-order valence-corrected chi connectivity index (χ0v) is 23.0. The van der Waals surface area contributed by atoms with E-state index in [4.69, 9.17) is 15.2 Å². The predicted octanol–water partition coefficient (Wildman–Crippen LogP) is 3.24. The van der Waals surface area contributed by atoms with Gasteiger partial charge in [0, 0.05) is 56.4 Å². The highest BCUT2D eigenvalue weighted by Gasteiger charge is 2.33. The Morgan fingerprint density at radius 3 is 2.32 bits per heavy atom. The highest BCUT2D eigenvalue weighted by molar-refractivity contribution is 5.95. The van der Waals surface area contributed by atoms with Crippen molar-refractivity contribution in [2.45, 2.75) is 32.0 Å². The number of amides is 3. The van der Waals surface area contributed by atoms with Gasteiger partial charge in [0.1, 0.15) is 5.75 Å². The molecule has 6 rings (SSSR count). The molecule has 1 fully saturated rings. The molecule has 0 aliphatic carbocycles. The summed E-state index contributed by atoms with van der Waals surface area (Å²) in [4.78, 5) is 44.3. The normalized spacial score (nSPS) is 18.8. The summed E-state index contributed by atoms with van der Waals surface area (Å²) >= 11 is 0. The summed E-state index contributed by atoms with van der Waals surface area (Å²) in [6.45, 7) is 5.46. The molecule has 3 aromatic carbocycles. The van der Waals surface area contributed by atoms with Crippen LogP contribution in [0.3, 0.4) is 0 Å². The Labute approximate surface area is 239 Å². The number of nitrogens with zero attached hydrogens (tertiary/aromatic N) is 3. The molecule has 9 heteroatoms. The molecule has 0 saturated carbocycles. The van der Waals surface area contributed by atoms with Crippen LogP contribution in [0.2, 0.25) is 0 Å². The quantitative estimate of drug-likeness (QED) is 0.519. The summed E-state index contributed by atoms with van der Waals surface area (Å²) in [5.74, 6) is -0.191. The maximum absolute atomic E-state index is 14.0. The van der Waals surface area contributed by atoms with E-state index in [1.165, 1.54) is 23.3 Å².